The Kier molecular flexibility index (Phi) is 3.46. The molecular weight excluding hydrogens is 166 g/mol. The largest absolute Gasteiger partial charge is 0.411 e. The molecule has 0 heterocycles. The Morgan fingerprint density at radius 3 is 2.46 bits per heavy atom. The van der Waals surface area contributed by atoms with E-state index in [2.05, 4.69) is 5.16 Å². The van der Waals surface area contributed by atoms with Gasteiger partial charge in [-0.05, 0) is 12.5 Å². The minimum Gasteiger partial charge on any atom is -0.411 e. The van der Waals surface area contributed by atoms with Crippen molar-refractivity contribution in [3.63, 3.8) is 0 Å². The van der Waals surface area contributed by atoms with Crippen LogP contribution in [0, 0.1) is 0 Å². The van der Waals surface area contributed by atoms with Crippen LogP contribution in [0.1, 0.15) is 18.9 Å². The van der Waals surface area contributed by atoms with Crippen LogP contribution in [0.3, 0.4) is 0 Å². The number of hydrogen-bond donors (Lipinski definition) is 2. The summed E-state index contributed by atoms with van der Waals surface area (Å²) in [5.41, 5.74) is 1.35. The normalized spacial score (nSPS) is 14.2. The molecule has 0 fully saturated rings. The highest BCUT2D eigenvalue weighted by atomic mass is 16.4. The summed E-state index contributed by atoms with van der Waals surface area (Å²) < 4.78 is 0. The van der Waals surface area contributed by atoms with Gasteiger partial charge in [0.2, 0.25) is 0 Å². The SMILES string of the molecule is CC(O)C/C(=N\O)c1ccccc1. The van der Waals surface area contributed by atoms with Gasteiger partial charge in [0.15, 0.2) is 0 Å². The molecule has 13 heavy (non-hydrogen) atoms. The third-order valence-electron chi connectivity index (χ3n) is 1.72. The molecule has 0 aliphatic carbocycles. The lowest BCUT2D eigenvalue weighted by atomic mass is 10.1. The molecule has 0 saturated heterocycles. The van der Waals surface area contributed by atoms with Gasteiger partial charge in [0, 0.05) is 6.42 Å². The molecule has 70 valence electrons. The lowest BCUT2D eigenvalue weighted by Crippen LogP contribution is -2.10. The van der Waals surface area contributed by atoms with Crippen molar-refractivity contribution < 1.29 is 10.3 Å². The van der Waals surface area contributed by atoms with Crippen molar-refractivity contribution in [1.82, 2.24) is 0 Å². The van der Waals surface area contributed by atoms with E-state index in [0.29, 0.717) is 12.1 Å². The van der Waals surface area contributed by atoms with Gasteiger partial charge in [-0.25, -0.2) is 0 Å². The highest BCUT2D eigenvalue weighted by Gasteiger charge is 2.06. The van der Waals surface area contributed by atoms with E-state index >= 15 is 0 Å². The molecule has 0 aliphatic rings. The van der Waals surface area contributed by atoms with Gasteiger partial charge in [-0.1, -0.05) is 35.5 Å². The highest BCUT2D eigenvalue weighted by Crippen LogP contribution is 2.06. The highest BCUT2D eigenvalue weighted by molar-refractivity contribution is 6.00. The van der Waals surface area contributed by atoms with Crippen molar-refractivity contribution >= 4 is 5.71 Å². The van der Waals surface area contributed by atoms with Gasteiger partial charge in [0.1, 0.15) is 0 Å². The van der Waals surface area contributed by atoms with Crippen LogP contribution in [0.5, 0.6) is 0 Å². The predicted octanol–water partition coefficient (Wildman–Crippen LogP) is 1.64. The number of oxime groups is 1. The zero-order valence-electron chi connectivity index (χ0n) is 7.51. The lowest BCUT2D eigenvalue weighted by Gasteiger charge is -2.05. The molecule has 1 aromatic rings. The lowest BCUT2D eigenvalue weighted by molar-refractivity contribution is 0.201. The standard InChI is InChI=1S/C10H13NO2/c1-8(12)7-10(11-13)9-5-3-2-4-6-9/h2-6,8,12-13H,7H2,1H3/b11-10+. The molecule has 0 spiro atoms. The number of benzene rings is 1. The quantitative estimate of drug-likeness (QED) is 0.421. The molecule has 0 aromatic heterocycles. The van der Waals surface area contributed by atoms with E-state index in [1.807, 2.05) is 30.3 Å². The number of aliphatic hydroxyl groups excluding tert-OH is 1. The van der Waals surface area contributed by atoms with Gasteiger partial charge < -0.3 is 10.3 Å². The second kappa shape index (κ2) is 4.62. The smallest absolute Gasteiger partial charge is 0.0893 e. The number of hydrogen-bond acceptors (Lipinski definition) is 3. The van der Waals surface area contributed by atoms with E-state index in [0.717, 1.165) is 5.56 Å². The van der Waals surface area contributed by atoms with Gasteiger partial charge >= 0.3 is 0 Å². The molecule has 2 N–H and O–H groups in total. The molecule has 0 radical (unpaired) electrons. The minimum atomic E-state index is -0.494. The van der Waals surface area contributed by atoms with Crippen LogP contribution in [-0.4, -0.2) is 22.1 Å². The summed E-state index contributed by atoms with van der Waals surface area (Å²) in [6, 6.07) is 9.31. The number of nitrogens with zero attached hydrogens (tertiary/aromatic N) is 1. The molecule has 0 aliphatic heterocycles. The van der Waals surface area contributed by atoms with E-state index in [1.165, 1.54) is 0 Å². The first-order chi connectivity index (χ1) is 6.24. The maximum Gasteiger partial charge on any atom is 0.0893 e. The van der Waals surface area contributed by atoms with Crippen LogP contribution in [0.4, 0.5) is 0 Å². The van der Waals surface area contributed by atoms with Crippen LogP contribution in [0.2, 0.25) is 0 Å². The van der Waals surface area contributed by atoms with Crippen molar-refractivity contribution in [1.29, 1.82) is 0 Å². The van der Waals surface area contributed by atoms with E-state index in [4.69, 9.17) is 10.3 Å². The Hall–Kier alpha value is -1.35. The molecular formula is C10H13NO2. The van der Waals surface area contributed by atoms with Gasteiger partial charge in [-0.2, -0.15) is 0 Å². The molecule has 0 bridgehead atoms. The molecule has 3 nitrogen and oxygen atoms in total. The van der Waals surface area contributed by atoms with Gasteiger partial charge in [-0.3, -0.25) is 0 Å². The Balaban J connectivity index is 2.80. The Bertz CT molecular complexity index is 280. The summed E-state index contributed by atoms with van der Waals surface area (Å²) in [7, 11) is 0. The third-order valence-corrected chi connectivity index (χ3v) is 1.72. The second-order valence-electron chi connectivity index (χ2n) is 2.97. The van der Waals surface area contributed by atoms with Crippen LogP contribution in [0.15, 0.2) is 35.5 Å². The molecule has 1 aromatic carbocycles. The average molecular weight is 179 g/mol. The van der Waals surface area contributed by atoms with E-state index < -0.39 is 6.10 Å². The van der Waals surface area contributed by atoms with Crippen molar-refractivity contribution in [3.8, 4) is 0 Å². The average Bonchev–Trinajstić information content (AvgIpc) is 2.15. The predicted molar refractivity (Wildman–Crippen MR) is 51.1 cm³/mol. The first-order valence-electron chi connectivity index (χ1n) is 4.18. The molecule has 1 rings (SSSR count). The zero-order chi connectivity index (χ0) is 9.68. The first kappa shape index (κ1) is 9.74. The van der Waals surface area contributed by atoms with Crippen LogP contribution in [-0.2, 0) is 0 Å². The zero-order valence-corrected chi connectivity index (χ0v) is 7.51. The van der Waals surface area contributed by atoms with Crippen molar-refractivity contribution in [2.24, 2.45) is 5.16 Å². The maximum atomic E-state index is 9.12. The third kappa shape index (κ3) is 2.87. The summed E-state index contributed by atoms with van der Waals surface area (Å²) >= 11 is 0. The van der Waals surface area contributed by atoms with E-state index in [9.17, 15) is 0 Å². The summed E-state index contributed by atoms with van der Waals surface area (Å²) in [5.74, 6) is 0. The fourth-order valence-electron chi connectivity index (χ4n) is 1.13. The van der Waals surface area contributed by atoms with E-state index in [1.54, 1.807) is 6.92 Å². The fraction of sp³-hybridized carbons (Fsp3) is 0.300. The molecule has 1 atom stereocenters. The Morgan fingerprint density at radius 2 is 2.00 bits per heavy atom. The Morgan fingerprint density at radius 1 is 1.38 bits per heavy atom. The monoisotopic (exact) mass is 179 g/mol. The maximum absolute atomic E-state index is 9.12. The Labute approximate surface area is 77.3 Å². The van der Waals surface area contributed by atoms with Gasteiger partial charge in [-0.15, -0.1) is 0 Å². The van der Waals surface area contributed by atoms with Crippen LogP contribution in [0.25, 0.3) is 0 Å². The summed E-state index contributed by atoms with van der Waals surface area (Å²) in [6.45, 7) is 1.66. The number of rotatable bonds is 3. The second-order valence-corrected chi connectivity index (χ2v) is 2.97. The van der Waals surface area contributed by atoms with Crippen molar-refractivity contribution in [3.05, 3.63) is 35.9 Å². The van der Waals surface area contributed by atoms with Crippen molar-refractivity contribution in [2.45, 2.75) is 19.4 Å². The van der Waals surface area contributed by atoms with Gasteiger partial charge in [0.05, 0.1) is 11.8 Å². The minimum absolute atomic E-state index is 0.362. The van der Waals surface area contributed by atoms with E-state index in [-0.39, 0.29) is 0 Å². The first-order valence-corrected chi connectivity index (χ1v) is 4.18. The number of aliphatic hydroxyl groups is 1. The van der Waals surface area contributed by atoms with Crippen LogP contribution < -0.4 is 0 Å². The molecule has 0 amide bonds. The molecule has 3 heteroatoms. The fourth-order valence-corrected chi connectivity index (χ4v) is 1.13. The molecule has 0 saturated carbocycles. The summed E-state index contributed by atoms with van der Waals surface area (Å²) in [4.78, 5) is 0. The summed E-state index contributed by atoms with van der Waals surface area (Å²) in [5, 5.41) is 21.0. The van der Waals surface area contributed by atoms with Crippen molar-refractivity contribution in [2.75, 3.05) is 0 Å². The molecule has 1 unspecified atom stereocenters. The topological polar surface area (TPSA) is 52.8 Å². The van der Waals surface area contributed by atoms with Gasteiger partial charge in [0.25, 0.3) is 0 Å². The summed E-state index contributed by atoms with van der Waals surface area (Å²) in [6.07, 6.45) is -0.133. The van der Waals surface area contributed by atoms with Crippen LogP contribution >= 0.6 is 0 Å².